The van der Waals surface area contributed by atoms with Gasteiger partial charge in [-0.05, 0) is 47.5 Å². The van der Waals surface area contributed by atoms with Crippen LogP contribution < -0.4 is 0 Å². The van der Waals surface area contributed by atoms with Crippen LogP contribution in [0.2, 0.25) is 0 Å². The Balaban J connectivity index is -0.0000000730. The van der Waals surface area contributed by atoms with Gasteiger partial charge < -0.3 is 25.3 Å². The minimum atomic E-state index is -0.970. The topological polar surface area (TPSA) is 99.4 Å². The van der Waals surface area contributed by atoms with Gasteiger partial charge in [-0.25, -0.2) is 0 Å². The van der Waals surface area contributed by atoms with Crippen molar-refractivity contribution in [3.05, 3.63) is 12.8 Å². The molecule has 6 nitrogen and oxygen atoms in total. The van der Waals surface area contributed by atoms with Crippen molar-refractivity contribution in [2.75, 3.05) is 19.8 Å². The summed E-state index contributed by atoms with van der Waals surface area (Å²) in [7, 11) is 0. The Morgan fingerprint density at radius 3 is 1.71 bits per heavy atom. The second kappa shape index (κ2) is 21.9. The number of hydrogen-bond donors (Lipinski definition) is 4. The molecule has 6 heteroatoms. The predicted octanol–water partition coefficient (Wildman–Crippen LogP) is 2.65. The van der Waals surface area contributed by atoms with E-state index in [4.69, 9.17) is 20.4 Å². The molecule has 0 rings (SSSR count). The van der Waals surface area contributed by atoms with Gasteiger partial charge in [-0.2, -0.15) is 4.89 Å². The predicted molar refractivity (Wildman–Crippen MR) is 100 cm³/mol. The van der Waals surface area contributed by atoms with Crippen LogP contribution in [-0.2, 0) is 9.78 Å². The highest BCUT2D eigenvalue weighted by atomic mass is 17.2. The van der Waals surface area contributed by atoms with Crippen LogP contribution in [0, 0.1) is 11.8 Å². The van der Waals surface area contributed by atoms with E-state index in [-0.39, 0.29) is 28.1 Å². The van der Waals surface area contributed by atoms with E-state index in [1.165, 1.54) is 6.26 Å². The lowest BCUT2D eigenvalue weighted by atomic mass is 10.0. The lowest BCUT2D eigenvalue weighted by Crippen LogP contribution is -2.18. The molecule has 0 atom stereocenters. The molecule has 0 bridgehead atoms. The molecule has 0 saturated carbocycles. The first-order valence-electron chi connectivity index (χ1n) is 7.09. The minimum Gasteiger partial charge on any atom is -0.396 e. The van der Waals surface area contributed by atoms with Crippen molar-refractivity contribution >= 4 is 0 Å². The van der Waals surface area contributed by atoms with E-state index < -0.39 is 11.2 Å². The highest BCUT2D eigenvalue weighted by Crippen LogP contribution is 2.08. The van der Waals surface area contributed by atoms with Crippen LogP contribution in [0.5, 0.6) is 0 Å². The molecule has 0 heterocycles. The summed E-state index contributed by atoms with van der Waals surface area (Å²) in [5, 5.41) is 34.4. The maximum absolute atomic E-state index is 9.04. The molecule has 0 unspecified atom stereocenters. The van der Waals surface area contributed by atoms with Crippen molar-refractivity contribution in [3.63, 3.8) is 0 Å². The van der Waals surface area contributed by atoms with Gasteiger partial charge in [0.05, 0.1) is 12.2 Å². The molecule has 0 aliphatic rings. The van der Waals surface area contributed by atoms with Crippen LogP contribution in [0.3, 0.4) is 0 Å². The third kappa shape index (κ3) is 58.4. The van der Waals surface area contributed by atoms with Crippen LogP contribution in [0.1, 0.15) is 62.3 Å². The van der Waals surface area contributed by atoms with E-state index in [2.05, 4.69) is 28.2 Å². The molecule has 0 aromatic heterocycles. The number of aliphatic hydroxyl groups is 4. The molecular weight excluding hydrogens is 312 g/mol. The van der Waals surface area contributed by atoms with Crippen LogP contribution in [0.25, 0.3) is 0 Å². The molecule has 24 heavy (non-hydrogen) atoms. The van der Waals surface area contributed by atoms with E-state index in [9.17, 15) is 0 Å². The largest absolute Gasteiger partial charge is 0.396 e. The van der Waals surface area contributed by atoms with Gasteiger partial charge >= 0.3 is 0 Å². The van der Waals surface area contributed by atoms with Crippen LogP contribution in [0.4, 0.5) is 0 Å². The monoisotopic (exact) mass is 352 g/mol. The Morgan fingerprint density at radius 1 is 1.08 bits per heavy atom. The first-order valence-corrected chi connectivity index (χ1v) is 7.09. The summed E-state index contributed by atoms with van der Waals surface area (Å²) >= 11 is 0. The molecule has 0 aromatic carbocycles. The Morgan fingerprint density at radius 2 is 1.58 bits per heavy atom. The number of aliphatic hydroxyl groups excluding tert-OH is 2. The molecule has 0 aromatic rings. The highest BCUT2D eigenvalue weighted by Gasteiger charge is 2.10. The third-order valence-electron chi connectivity index (χ3n) is 1.67. The first-order chi connectivity index (χ1) is 10.0. The van der Waals surface area contributed by atoms with Gasteiger partial charge in [0, 0.05) is 6.61 Å². The number of hydrogen-bond acceptors (Lipinski definition) is 6. The van der Waals surface area contributed by atoms with Gasteiger partial charge in [0.15, 0.2) is 0 Å². The van der Waals surface area contributed by atoms with E-state index in [1.54, 1.807) is 27.7 Å². The van der Waals surface area contributed by atoms with Gasteiger partial charge in [0.25, 0.3) is 0 Å². The van der Waals surface area contributed by atoms with Crippen molar-refractivity contribution in [3.8, 4) is 11.8 Å². The van der Waals surface area contributed by atoms with Crippen molar-refractivity contribution in [2.45, 2.75) is 73.5 Å². The van der Waals surface area contributed by atoms with Gasteiger partial charge in [-0.3, -0.25) is 0 Å². The summed E-state index contributed by atoms with van der Waals surface area (Å²) in [6.45, 7) is 12.2. The van der Waals surface area contributed by atoms with Gasteiger partial charge in [-0.15, -0.1) is 0 Å². The Hall–Kier alpha value is -1.10. The zero-order chi connectivity index (χ0) is 18.1. The summed E-state index contributed by atoms with van der Waals surface area (Å²) in [6.07, 6.45) is 2.59. The molecule has 0 amide bonds. The van der Waals surface area contributed by atoms with Gasteiger partial charge in [-0.1, -0.05) is 33.3 Å². The van der Waals surface area contributed by atoms with Gasteiger partial charge in [0.2, 0.25) is 0 Å². The van der Waals surface area contributed by atoms with Crippen molar-refractivity contribution in [1.82, 2.24) is 0 Å². The maximum Gasteiger partial charge on any atom is 0.122 e. The van der Waals surface area contributed by atoms with E-state index in [0.717, 1.165) is 0 Å². The van der Waals surface area contributed by atoms with Crippen molar-refractivity contribution < 1.29 is 30.2 Å². The Labute approximate surface area is 149 Å². The fourth-order valence-corrected chi connectivity index (χ4v) is 0.884. The Bertz CT molecular complexity index is 291. The maximum atomic E-state index is 9.04. The quantitative estimate of drug-likeness (QED) is 0.193. The summed E-state index contributed by atoms with van der Waals surface area (Å²) in [4.78, 5) is 8.61. The molecular formula is C18H40O6. The fraction of sp³-hybridized carbons (Fsp3) is 0.778. The molecule has 0 aliphatic heterocycles. The van der Waals surface area contributed by atoms with Gasteiger partial charge in [0.1, 0.15) is 18.5 Å². The van der Waals surface area contributed by atoms with Crippen LogP contribution in [0.15, 0.2) is 12.8 Å². The van der Waals surface area contributed by atoms with E-state index in [0.29, 0.717) is 19.4 Å². The fourth-order valence-electron chi connectivity index (χ4n) is 0.884. The molecule has 4 N–H and O–H groups in total. The molecule has 148 valence electrons. The molecule has 0 aliphatic carbocycles. The lowest BCUT2D eigenvalue weighted by Gasteiger charge is -2.14. The molecule has 0 fully saturated rings. The number of rotatable bonds is 6. The first kappa shape index (κ1) is 34.3. The Kier molecular flexibility index (Phi) is 31.3. The third-order valence-corrected chi connectivity index (χ3v) is 1.67. The average Bonchev–Trinajstić information content (AvgIpc) is 2.40. The molecule has 0 spiro atoms. The normalized spacial score (nSPS) is 9.21. The summed E-state index contributed by atoms with van der Waals surface area (Å²) < 4.78 is 0. The average molecular weight is 353 g/mol. The zero-order valence-electron chi connectivity index (χ0n) is 14.4. The second-order valence-corrected chi connectivity index (χ2v) is 5.33. The van der Waals surface area contributed by atoms with Crippen LogP contribution >= 0.6 is 0 Å². The smallest absolute Gasteiger partial charge is 0.122 e. The summed E-state index contributed by atoms with van der Waals surface area (Å²) in [6, 6.07) is 0. The zero-order valence-corrected chi connectivity index (χ0v) is 14.4. The molecule has 0 radical (unpaired) electrons. The highest BCUT2D eigenvalue weighted by molar-refractivity contribution is 5.09. The minimum absolute atomic E-state index is 0. The second-order valence-electron chi connectivity index (χ2n) is 5.33. The summed E-state index contributed by atoms with van der Waals surface area (Å²) in [5.41, 5.74) is -1.58. The lowest BCUT2D eigenvalue weighted by molar-refractivity contribution is -0.244. The molecule has 0 saturated heterocycles. The van der Waals surface area contributed by atoms with E-state index >= 15 is 0 Å². The van der Waals surface area contributed by atoms with Crippen LogP contribution in [-0.4, -0.2) is 51.4 Å². The van der Waals surface area contributed by atoms with E-state index in [1.807, 2.05) is 6.92 Å². The SMILES string of the molecule is C.C.C=COOCC.CC(C)(O)C#CCO.CC(C)(O)CCCO. The standard InChI is InChI=1S/C6H14O2.C6H10O2.C4H8O2.2CH4/c2*1-6(2,8)4-3-5-7;1-3-5-6-4-2;;/h7-8H,3-5H2,1-2H3;7-8H,5H2,1-2H3;3H,1,4H2,2H3;2*1H4. The van der Waals surface area contributed by atoms with Crippen molar-refractivity contribution in [1.29, 1.82) is 0 Å². The summed E-state index contributed by atoms with van der Waals surface area (Å²) in [5.74, 6) is 4.77. The van der Waals surface area contributed by atoms with Crippen molar-refractivity contribution in [2.24, 2.45) is 0 Å².